The van der Waals surface area contributed by atoms with Crippen molar-refractivity contribution in [3.05, 3.63) is 235 Å². The number of benzene rings is 11. The van der Waals surface area contributed by atoms with E-state index in [2.05, 4.69) is 204 Å². The second-order valence-corrected chi connectivity index (χ2v) is 19.4. The number of hydrogen-bond acceptors (Lipinski definition) is 2. The molecule has 73 heavy (non-hydrogen) atoms. The lowest BCUT2D eigenvalue weighted by atomic mass is 9.61. The quantitative estimate of drug-likeness (QED) is 0.160. The molecule has 0 bridgehead atoms. The number of furan rings is 1. The van der Waals surface area contributed by atoms with Crippen LogP contribution in [0, 0.1) is 0 Å². The van der Waals surface area contributed by atoms with Gasteiger partial charge in [0.25, 0.3) is 0 Å². The standard InChI is InChI=1S/C65H35B5N2O/c66-58-59(67)61(69)63(62(70)60(58)68)72-51-24-12-8-20-44(51)45-32-31-40(34-52(45)72)71(39-29-26-37(27-30-39)36-14-2-1-3-15-36)53-35-50-57(64-56(53)46-21-9-13-25-54(46)73-64)55-41-17-5-4-16-38(41)28-33-49(55)65(50)47-22-10-6-18-42(47)43-19-7-11-23-48(43)65/h1-35H. The number of rotatable bonds is 5. The summed E-state index contributed by atoms with van der Waals surface area (Å²) in [6.45, 7) is 0. The molecule has 1 spiro atoms. The average Bonchev–Trinajstić information content (AvgIpc) is 4.19. The van der Waals surface area contributed by atoms with Gasteiger partial charge in [0.15, 0.2) is 0 Å². The molecule has 0 atom stereocenters. The zero-order chi connectivity index (χ0) is 48.9. The molecule has 2 aromatic heterocycles. The van der Waals surface area contributed by atoms with Crippen molar-refractivity contribution < 1.29 is 4.42 Å². The zero-order valence-corrected chi connectivity index (χ0v) is 39.4. The molecule has 0 saturated heterocycles. The second kappa shape index (κ2) is 15.5. The number of aromatic nitrogens is 1. The van der Waals surface area contributed by atoms with Gasteiger partial charge in [-0.25, -0.2) is 0 Å². The number of para-hydroxylation sites is 2. The number of nitrogens with zero attached hydrogens (tertiary/aromatic N) is 2. The lowest BCUT2D eigenvalue weighted by Gasteiger charge is -2.32. The van der Waals surface area contributed by atoms with Gasteiger partial charge in [-0.15, -0.1) is 16.4 Å². The van der Waals surface area contributed by atoms with Crippen LogP contribution < -0.4 is 32.2 Å². The van der Waals surface area contributed by atoms with E-state index < -0.39 is 5.41 Å². The molecule has 2 aliphatic rings. The Morgan fingerprint density at radius 2 is 0.973 bits per heavy atom. The highest BCUT2D eigenvalue weighted by molar-refractivity contribution is 6.68. The minimum absolute atomic E-state index is 0.165. The highest BCUT2D eigenvalue weighted by Crippen LogP contribution is 2.66. The fraction of sp³-hybridized carbons (Fsp3) is 0.0154. The van der Waals surface area contributed by atoms with Crippen LogP contribution >= 0.6 is 0 Å². The van der Waals surface area contributed by atoms with Crippen LogP contribution in [0.25, 0.3) is 93.6 Å². The van der Waals surface area contributed by atoms with E-state index in [0.29, 0.717) is 5.69 Å². The SMILES string of the molecule is [B]c1c([B])c([B])c(-n2c3ccccc3c3ccc(N(c4ccc(-c5ccccc5)cc4)c4cc5c(c6oc7ccccc7c46)-c4c(ccc6ccccc46)C54c5ccccc5-c5ccccc54)cc32)c([B])c1[B]. The highest BCUT2D eigenvalue weighted by Gasteiger charge is 2.53. The first-order chi connectivity index (χ1) is 35.8. The summed E-state index contributed by atoms with van der Waals surface area (Å²) in [6.07, 6.45) is 0. The lowest BCUT2D eigenvalue weighted by Crippen LogP contribution is -2.56. The average molecular weight is 914 g/mol. The van der Waals surface area contributed by atoms with Crippen LogP contribution in [0.1, 0.15) is 22.3 Å². The molecule has 0 saturated carbocycles. The highest BCUT2D eigenvalue weighted by atomic mass is 16.3. The molecule has 11 aromatic carbocycles. The van der Waals surface area contributed by atoms with E-state index in [9.17, 15) is 0 Å². The minimum atomic E-state index is -0.687. The largest absolute Gasteiger partial charge is 0.455 e. The van der Waals surface area contributed by atoms with Crippen molar-refractivity contribution in [1.82, 2.24) is 4.57 Å². The van der Waals surface area contributed by atoms with E-state index in [1.54, 1.807) is 0 Å². The van der Waals surface area contributed by atoms with E-state index in [0.717, 1.165) is 83.1 Å². The molecule has 3 nitrogen and oxygen atoms in total. The van der Waals surface area contributed by atoms with E-state index in [1.165, 1.54) is 44.2 Å². The molecule has 2 heterocycles. The van der Waals surface area contributed by atoms with Crippen LogP contribution in [0.2, 0.25) is 0 Å². The van der Waals surface area contributed by atoms with E-state index in [1.807, 2.05) is 18.2 Å². The maximum atomic E-state index is 7.37. The van der Waals surface area contributed by atoms with E-state index in [4.69, 9.17) is 43.6 Å². The van der Waals surface area contributed by atoms with Crippen molar-refractivity contribution >= 4 is 138 Å². The van der Waals surface area contributed by atoms with Crippen molar-refractivity contribution in [2.45, 2.75) is 5.41 Å². The van der Waals surface area contributed by atoms with Crippen molar-refractivity contribution in [3.63, 3.8) is 0 Å². The smallest absolute Gasteiger partial charge is 0.145 e. The lowest BCUT2D eigenvalue weighted by molar-refractivity contribution is 0.669. The molecule has 8 heteroatoms. The van der Waals surface area contributed by atoms with Gasteiger partial charge in [0.1, 0.15) is 50.4 Å². The van der Waals surface area contributed by atoms with Gasteiger partial charge in [0.2, 0.25) is 0 Å². The van der Waals surface area contributed by atoms with Gasteiger partial charge < -0.3 is 13.9 Å². The van der Waals surface area contributed by atoms with Gasteiger partial charge in [-0.1, -0.05) is 181 Å². The Bertz CT molecular complexity index is 4440. The third kappa shape index (κ3) is 5.61. The van der Waals surface area contributed by atoms with Crippen molar-refractivity contribution in [3.8, 4) is 39.1 Å². The summed E-state index contributed by atoms with van der Waals surface area (Å²) < 4.78 is 9.45. The molecule has 2 aliphatic carbocycles. The number of hydrogen-bond donors (Lipinski definition) is 0. The Morgan fingerprint density at radius 3 is 1.71 bits per heavy atom. The van der Waals surface area contributed by atoms with E-state index >= 15 is 0 Å². The predicted octanol–water partition coefficient (Wildman–Crippen LogP) is 11.3. The summed E-state index contributed by atoms with van der Waals surface area (Å²) in [6, 6.07) is 76.4. The van der Waals surface area contributed by atoms with Gasteiger partial charge in [-0.3, -0.25) is 0 Å². The fourth-order valence-corrected chi connectivity index (χ4v) is 12.7. The van der Waals surface area contributed by atoms with Gasteiger partial charge in [-0.05, 0) is 103 Å². The summed E-state index contributed by atoms with van der Waals surface area (Å²) in [5, 5.41) is 6.39. The Hall–Kier alpha value is -8.60. The fourth-order valence-electron chi connectivity index (χ4n) is 12.7. The first-order valence-electron chi connectivity index (χ1n) is 24.5. The summed E-state index contributed by atoms with van der Waals surface area (Å²) in [4.78, 5) is 2.39. The molecule has 0 fully saturated rings. The van der Waals surface area contributed by atoms with Crippen LogP contribution in [0.5, 0.6) is 0 Å². The third-order valence-corrected chi connectivity index (χ3v) is 15.9. The van der Waals surface area contributed by atoms with Crippen molar-refractivity contribution in [2.75, 3.05) is 4.90 Å². The molecule has 326 valence electrons. The van der Waals surface area contributed by atoms with Crippen LogP contribution in [0.15, 0.2) is 217 Å². The number of fused-ring (bicyclic) bond motifs is 19. The van der Waals surface area contributed by atoms with Crippen LogP contribution in [0.4, 0.5) is 17.1 Å². The number of anilines is 3. The minimum Gasteiger partial charge on any atom is -0.455 e. The molecule has 15 rings (SSSR count). The first-order valence-corrected chi connectivity index (χ1v) is 24.5. The van der Waals surface area contributed by atoms with Crippen LogP contribution in [0.3, 0.4) is 0 Å². The Morgan fingerprint density at radius 1 is 0.397 bits per heavy atom. The van der Waals surface area contributed by atoms with Crippen molar-refractivity contribution in [2.24, 2.45) is 0 Å². The normalized spacial score (nSPS) is 13.0. The van der Waals surface area contributed by atoms with Gasteiger partial charge in [0.05, 0.1) is 27.5 Å². The molecule has 0 amide bonds. The van der Waals surface area contributed by atoms with Crippen LogP contribution in [-0.2, 0) is 5.41 Å². The molecule has 13 aromatic rings. The second-order valence-electron chi connectivity index (χ2n) is 19.4. The summed E-state index contributed by atoms with van der Waals surface area (Å²) in [5.74, 6) is 0. The molecular weight excluding hydrogens is 879 g/mol. The Balaban J connectivity index is 1.10. The summed E-state index contributed by atoms with van der Waals surface area (Å²) >= 11 is 0. The van der Waals surface area contributed by atoms with Gasteiger partial charge >= 0.3 is 0 Å². The Kier molecular flexibility index (Phi) is 8.92. The van der Waals surface area contributed by atoms with Crippen LogP contribution in [-0.4, -0.2) is 43.8 Å². The molecule has 0 aliphatic heterocycles. The maximum Gasteiger partial charge on any atom is 0.145 e. The predicted molar refractivity (Wildman–Crippen MR) is 309 cm³/mol. The monoisotopic (exact) mass is 914 g/mol. The third-order valence-electron chi connectivity index (χ3n) is 15.9. The van der Waals surface area contributed by atoms with Gasteiger partial charge in [0, 0.05) is 38.8 Å². The molecule has 0 N–H and O–H groups in total. The van der Waals surface area contributed by atoms with Gasteiger partial charge in [-0.2, -0.15) is 0 Å². The summed E-state index contributed by atoms with van der Waals surface area (Å²) in [7, 11) is 33.5. The van der Waals surface area contributed by atoms with E-state index in [-0.39, 0.29) is 27.3 Å². The molecule has 10 radical (unpaired) electrons. The zero-order valence-electron chi connectivity index (χ0n) is 39.4. The first kappa shape index (κ1) is 42.1. The molecule has 0 unspecified atom stereocenters. The Labute approximate surface area is 428 Å². The molecular formula is C65H35B5N2O. The maximum absolute atomic E-state index is 7.37. The topological polar surface area (TPSA) is 21.3 Å². The van der Waals surface area contributed by atoms with Crippen molar-refractivity contribution in [1.29, 1.82) is 0 Å². The summed E-state index contributed by atoms with van der Waals surface area (Å²) in [5.41, 5.74) is 18.9.